The lowest BCUT2D eigenvalue weighted by Crippen LogP contribution is -2.34. The molecule has 3 aromatic rings. The van der Waals surface area contributed by atoms with E-state index in [-0.39, 0.29) is 13.0 Å². The van der Waals surface area contributed by atoms with Crippen LogP contribution in [0.15, 0.2) is 91.0 Å². The van der Waals surface area contributed by atoms with Crippen LogP contribution in [0.25, 0.3) is 0 Å². The van der Waals surface area contributed by atoms with Crippen molar-refractivity contribution >= 4 is 34.9 Å². The highest BCUT2D eigenvalue weighted by Crippen LogP contribution is 2.55. The average Bonchev–Trinajstić information content (AvgIpc) is 2.76. The van der Waals surface area contributed by atoms with Crippen molar-refractivity contribution in [3.05, 3.63) is 91.0 Å². The van der Waals surface area contributed by atoms with E-state index in [2.05, 4.69) is 36.4 Å². The molecule has 0 unspecified atom stereocenters. The Balaban J connectivity index is 2.11. The van der Waals surface area contributed by atoms with Gasteiger partial charge >= 0.3 is 5.97 Å². The first-order chi connectivity index (χ1) is 13.7. The van der Waals surface area contributed by atoms with Crippen LogP contribution in [0.1, 0.15) is 13.3 Å². The predicted molar refractivity (Wildman–Crippen MR) is 116 cm³/mol. The molecule has 0 aliphatic carbocycles. The highest BCUT2D eigenvalue weighted by atomic mass is 31.2. The summed E-state index contributed by atoms with van der Waals surface area (Å²) in [5.41, 5.74) is 0. The zero-order valence-corrected chi connectivity index (χ0v) is 16.8. The fourth-order valence-corrected chi connectivity index (χ4v) is 7.72. The average molecular weight is 391 g/mol. The molecule has 142 valence electrons. The van der Waals surface area contributed by atoms with Gasteiger partial charge in [0.25, 0.3) is 0 Å². The van der Waals surface area contributed by atoms with Crippen LogP contribution in [0.5, 0.6) is 0 Å². The van der Waals surface area contributed by atoms with E-state index in [1.807, 2.05) is 54.6 Å². The second-order valence-corrected chi connectivity index (χ2v) is 10.0. The highest BCUT2D eigenvalue weighted by Gasteiger charge is 2.45. The first-order valence-corrected chi connectivity index (χ1v) is 11.4. The molecule has 0 spiro atoms. The van der Waals surface area contributed by atoms with Crippen LogP contribution in [-0.4, -0.2) is 24.5 Å². The number of rotatable bonds is 8. The molecule has 0 radical (unpaired) electrons. The van der Waals surface area contributed by atoms with E-state index >= 15 is 0 Å². The van der Waals surface area contributed by atoms with E-state index in [0.717, 1.165) is 0 Å². The zero-order valence-electron chi connectivity index (χ0n) is 16.0. The number of hydrogen-bond donors (Lipinski definition) is 0. The summed E-state index contributed by atoms with van der Waals surface area (Å²) in [7, 11) is -2.09. The van der Waals surface area contributed by atoms with E-state index in [4.69, 9.17) is 4.74 Å². The molecule has 0 aliphatic rings. The summed E-state index contributed by atoms with van der Waals surface area (Å²) < 4.78 is 4.91. The highest BCUT2D eigenvalue weighted by molar-refractivity contribution is 7.95. The Hall–Kier alpha value is -2.77. The molecular formula is C24H24O3P+. The number of ether oxygens (including phenoxy) is 1. The Morgan fingerprint density at radius 1 is 0.714 bits per heavy atom. The van der Waals surface area contributed by atoms with Crippen LogP contribution in [-0.2, 0) is 14.3 Å². The second-order valence-electron chi connectivity index (χ2n) is 6.43. The maximum atomic E-state index is 12.4. The maximum Gasteiger partial charge on any atom is 0.374 e. The molecule has 3 rings (SSSR count). The van der Waals surface area contributed by atoms with Gasteiger partial charge in [0, 0.05) is 0 Å². The molecule has 0 heterocycles. The van der Waals surface area contributed by atoms with Crippen molar-refractivity contribution in [1.82, 2.24) is 0 Å². The summed E-state index contributed by atoms with van der Waals surface area (Å²) in [6.45, 7) is 1.92. The fourth-order valence-electron chi connectivity index (χ4n) is 3.46. The quantitative estimate of drug-likeness (QED) is 0.335. The van der Waals surface area contributed by atoms with Gasteiger partial charge in [-0.1, -0.05) is 54.6 Å². The summed E-state index contributed by atoms with van der Waals surface area (Å²) >= 11 is 0. The minimum Gasteiger partial charge on any atom is -0.460 e. The molecule has 3 aromatic carbocycles. The molecule has 0 aliphatic heterocycles. The standard InChI is InChI=1S/C24H24O3P/c1-2-27-24(26)23(25)18-19-28(20-12-6-3-7-13-20,21-14-8-4-9-15-21)22-16-10-5-11-17-22/h3-17H,2,18-19H2,1H3/q+1. The lowest BCUT2D eigenvalue weighted by atomic mass is 10.3. The van der Waals surface area contributed by atoms with Crippen molar-refractivity contribution < 1.29 is 14.3 Å². The summed E-state index contributed by atoms with van der Waals surface area (Å²) in [6, 6.07) is 30.9. The van der Waals surface area contributed by atoms with E-state index in [1.165, 1.54) is 15.9 Å². The molecule has 0 saturated carbocycles. The predicted octanol–water partition coefficient (Wildman–Crippen LogP) is 3.50. The molecular weight excluding hydrogens is 367 g/mol. The molecule has 0 bridgehead atoms. The summed E-state index contributed by atoms with van der Waals surface area (Å²) in [5, 5.41) is 3.59. The molecule has 28 heavy (non-hydrogen) atoms. The zero-order chi connectivity index (χ0) is 19.8. The molecule has 0 aromatic heterocycles. The largest absolute Gasteiger partial charge is 0.460 e. The van der Waals surface area contributed by atoms with Gasteiger partial charge in [0.05, 0.1) is 19.2 Å². The van der Waals surface area contributed by atoms with Crippen LogP contribution in [0.2, 0.25) is 0 Å². The van der Waals surface area contributed by atoms with Gasteiger partial charge in [-0.25, -0.2) is 4.79 Å². The Morgan fingerprint density at radius 3 is 1.46 bits per heavy atom. The van der Waals surface area contributed by atoms with Crippen molar-refractivity contribution in [1.29, 1.82) is 0 Å². The monoisotopic (exact) mass is 391 g/mol. The Labute approximate surface area is 166 Å². The maximum absolute atomic E-state index is 12.4. The second kappa shape index (κ2) is 9.43. The van der Waals surface area contributed by atoms with Crippen molar-refractivity contribution in [2.75, 3.05) is 12.8 Å². The van der Waals surface area contributed by atoms with Crippen molar-refractivity contribution in [3.63, 3.8) is 0 Å². The minimum absolute atomic E-state index is 0.158. The van der Waals surface area contributed by atoms with E-state index in [0.29, 0.717) is 6.16 Å². The lowest BCUT2D eigenvalue weighted by Gasteiger charge is -2.27. The van der Waals surface area contributed by atoms with Gasteiger partial charge in [-0.15, -0.1) is 0 Å². The van der Waals surface area contributed by atoms with Crippen LogP contribution in [0.4, 0.5) is 0 Å². The van der Waals surface area contributed by atoms with Crippen molar-refractivity contribution in [2.24, 2.45) is 0 Å². The number of hydrogen-bond acceptors (Lipinski definition) is 3. The van der Waals surface area contributed by atoms with Gasteiger partial charge in [-0.3, -0.25) is 4.79 Å². The Bertz CT molecular complexity index is 812. The van der Waals surface area contributed by atoms with Gasteiger partial charge in [0.2, 0.25) is 5.78 Å². The van der Waals surface area contributed by atoms with Crippen molar-refractivity contribution in [2.45, 2.75) is 13.3 Å². The van der Waals surface area contributed by atoms with Gasteiger partial charge in [0.1, 0.15) is 23.2 Å². The molecule has 4 heteroatoms. The smallest absolute Gasteiger partial charge is 0.374 e. The van der Waals surface area contributed by atoms with Crippen molar-refractivity contribution in [3.8, 4) is 0 Å². The Morgan fingerprint density at radius 2 is 1.11 bits per heavy atom. The summed E-state index contributed by atoms with van der Waals surface area (Å²) in [5.74, 6) is -1.20. The van der Waals surface area contributed by atoms with E-state index in [9.17, 15) is 9.59 Å². The van der Waals surface area contributed by atoms with Gasteiger partial charge in [0.15, 0.2) is 0 Å². The number of Topliss-reactive ketones (excluding diaryl/α,β-unsaturated/α-hetero) is 1. The minimum atomic E-state index is -2.09. The van der Waals surface area contributed by atoms with Gasteiger partial charge in [-0.2, -0.15) is 0 Å². The first-order valence-electron chi connectivity index (χ1n) is 9.43. The molecule has 0 N–H and O–H groups in total. The third-order valence-corrected chi connectivity index (χ3v) is 9.20. The number of esters is 1. The van der Waals surface area contributed by atoms with Crippen LogP contribution < -0.4 is 15.9 Å². The topological polar surface area (TPSA) is 43.4 Å². The molecule has 3 nitrogen and oxygen atoms in total. The van der Waals surface area contributed by atoms with E-state index in [1.54, 1.807) is 6.92 Å². The molecule has 0 saturated heterocycles. The number of benzene rings is 3. The van der Waals surface area contributed by atoms with Gasteiger partial charge < -0.3 is 4.74 Å². The summed E-state index contributed by atoms with van der Waals surface area (Å²) in [4.78, 5) is 24.3. The molecule has 0 atom stereocenters. The third kappa shape index (κ3) is 4.21. The van der Waals surface area contributed by atoms with E-state index < -0.39 is 19.0 Å². The van der Waals surface area contributed by atoms with Crippen LogP contribution in [0, 0.1) is 0 Å². The number of carbonyl (C=O) groups is 2. The third-order valence-electron chi connectivity index (χ3n) is 4.77. The van der Waals surface area contributed by atoms with Gasteiger partial charge in [-0.05, 0) is 43.3 Å². The molecule has 0 fully saturated rings. The normalized spacial score (nSPS) is 11.0. The SMILES string of the molecule is CCOC(=O)C(=O)CC[P+](c1ccccc1)(c1ccccc1)c1ccccc1. The van der Waals surface area contributed by atoms with Crippen LogP contribution >= 0.6 is 7.26 Å². The summed E-state index contributed by atoms with van der Waals surface area (Å²) in [6.07, 6.45) is 0.744. The lowest BCUT2D eigenvalue weighted by molar-refractivity contribution is -0.153. The fraction of sp³-hybridized carbons (Fsp3) is 0.167. The van der Waals surface area contributed by atoms with Crippen LogP contribution in [0.3, 0.4) is 0 Å². The number of ketones is 1. The molecule has 0 amide bonds. The number of carbonyl (C=O) groups excluding carboxylic acids is 2. The Kier molecular flexibility index (Phi) is 6.73. The first kappa shape index (κ1) is 20.0.